The number of aromatic nitrogens is 2. The Morgan fingerprint density at radius 2 is 1.42 bits per heavy atom. The highest BCUT2D eigenvalue weighted by molar-refractivity contribution is 5.94. The van der Waals surface area contributed by atoms with Crippen LogP contribution in [0.3, 0.4) is 0 Å². The van der Waals surface area contributed by atoms with Crippen LogP contribution >= 0.6 is 0 Å². The average molecular weight is 503 g/mol. The molecule has 1 N–H and O–H groups in total. The van der Waals surface area contributed by atoms with Gasteiger partial charge in [0.15, 0.2) is 0 Å². The zero-order valence-electron chi connectivity index (χ0n) is 21.4. The second kappa shape index (κ2) is 11.6. The van der Waals surface area contributed by atoms with Gasteiger partial charge >= 0.3 is 0 Å². The Morgan fingerprint density at radius 3 is 2.13 bits per heavy atom. The summed E-state index contributed by atoms with van der Waals surface area (Å²) in [4.78, 5) is 32.6. The maximum atomic E-state index is 13.3. The minimum atomic E-state index is -0.0955. The quantitative estimate of drug-likeness (QED) is 0.285. The maximum absolute atomic E-state index is 13.3. The minimum Gasteiger partial charge on any atom is -0.349 e. The van der Waals surface area contributed by atoms with Crippen LogP contribution in [0, 0.1) is 0 Å². The number of carbonyl (C=O) groups excluding carboxylic acids is 2. The molecule has 190 valence electrons. The van der Waals surface area contributed by atoms with Gasteiger partial charge in [0.1, 0.15) is 12.4 Å². The summed E-state index contributed by atoms with van der Waals surface area (Å²) < 4.78 is 1.90. The maximum Gasteiger partial charge on any atom is 0.246 e. The number of anilines is 1. The summed E-state index contributed by atoms with van der Waals surface area (Å²) in [5.41, 5.74) is 5.72. The summed E-state index contributed by atoms with van der Waals surface area (Å²) in [6, 6.07) is 35.6. The molecule has 0 aliphatic carbocycles. The molecule has 0 radical (unpaired) electrons. The molecule has 0 saturated carbocycles. The highest BCUT2D eigenvalue weighted by Gasteiger charge is 2.19. The van der Waals surface area contributed by atoms with Crippen LogP contribution in [-0.2, 0) is 29.1 Å². The molecule has 5 aromatic rings. The number of amides is 2. The lowest BCUT2D eigenvalue weighted by Crippen LogP contribution is -2.34. The lowest BCUT2D eigenvalue weighted by molar-refractivity contribution is -0.120. The summed E-state index contributed by atoms with van der Waals surface area (Å²) in [6.07, 6.45) is 0.270. The predicted molar refractivity (Wildman–Crippen MR) is 152 cm³/mol. The first-order chi connectivity index (χ1) is 18.6. The number of fused-ring (bicyclic) bond motifs is 1. The predicted octanol–water partition coefficient (Wildman–Crippen LogP) is 5.62. The molecule has 4 aromatic carbocycles. The molecular weight excluding hydrogens is 472 g/mol. The van der Waals surface area contributed by atoms with Crippen LogP contribution in [0.4, 0.5) is 5.69 Å². The second-order valence-corrected chi connectivity index (χ2v) is 9.09. The summed E-state index contributed by atoms with van der Waals surface area (Å²) in [5, 5.41) is 3.00. The zero-order valence-corrected chi connectivity index (χ0v) is 21.4. The first-order valence-electron chi connectivity index (χ1n) is 12.8. The van der Waals surface area contributed by atoms with Crippen molar-refractivity contribution in [3.8, 4) is 11.1 Å². The molecule has 1 heterocycles. The number of nitrogens with one attached hydrogen (secondary N) is 1. The molecule has 2 amide bonds. The smallest absolute Gasteiger partial charge is 0.246 e. The van der Waals surface area contributed by atoms with Crippen molar-refractivity contribution in [2.24, 2.45) is 0 Å². The molecule has 0 aliphatic rings. The van der Waals surface area contributed by atoms with E-state index in [9.17, 15) is 9.59 Å². The second-order valence-electron chi connectivity index (χ2n) is 9.09. The van der Waals surface area contributed by atoms with Crippen molar-refractivity contribution in [3.63, 3.8) is 0 Å². The summed E-state index contributed by atoms with van der Waals surface area (Å²) >= 11 is 0. The third-order valence-electron chi connectivity index (χ3n) is 6.58. The first kappa shape index (κ1) is 25.0. The third kappa shape index (κ3) is 5.65. The largest absolute Gasteiger partial charge is 0.349 e. The van der Waals surface area contributed by atoms with Gasteiger partial charge in [-0.1, -0.05) is 84.9 Å². The van der Waals surface area contributed by atoms with Crippen LogP contribution in [0.2, 0.25) is 0 Å². The zero-order chi connectivity index (χ0) is 26.3. The van der Waals surface area contributed by atoms with Gasteiger partial charge < -0.3 is 14.8 Å². The molecule has 0 bridgehead atoms. The van der Waals surface area contributed by atoms with Crippen molar-refractivity contribution in [1.29, 1.82) is 0 Å². The Kier molecular flexibility index (Phi) is 7.59. The number of hydrogen-bond acceptors (Lipinski definition) is 3. The van der Waals surface area contributed by atoms with E-state index in [1.165, 1.54) is 0 Å². The summed E-state index contributed by atoms with van der Waals surface area (Å²) in [5.74, 6) is 0.520. The van der Waals surface area contributed by atoms with Crippen LogP contribution in [-0.4, -0.2) is 27.9 Å². The summed E-state index contributed by atoms with van der Waals surface area (Å²) in [6.45, 7) is 2.89. The Balaban J connectivity index is 1.28. The standard InChI is InChI=1S/C32H30N4O2/c1-2-35(27-13-7-4-8-14-27)32(38)23-36-29-16-10-9-15-28(29)34-30(36)22-33-31(37)21-24-17-19-26(20-18-24)25-11-5-3-6-12-25/h3-20H,2,21-23H2,1H3,(H,33,37). The third-order valence-corrected chi connectivity index (χ3v) is 6.58. The number of likely N-dealkylation sites (N-methyl/N-ethyl adjacent to an activating group) is 1. The molecule has 0 spiro atoms. The van der Waals surface area contributed by atoms with Crippen molar-refractivity contribution in [2.75, 3.05) is 11.4 Å². The molecule has 0 aliphatic heterocycles. The molecule has 38 heavy (non-hydrogen) atoms. The van der Waals surface area contributed by atoms with E-state index in [0.29, 0.717) is 12.4 Å². The van der Waals surface area contributed by atoms with Gasteiger partial charge in [0.25, 0.3) is 0 Å². The SMILES string of the molecule is CCN(C(=O)Cn1c(CNC(=O)Cc2ccc(-c3ccccc3)cc2)nc2ccccc21)c1ccccc1. The van der Waals surface area contributed by atoms with Crippen molar-refractivity contribution in [1.82, 2.24) is 14.9 Å². The van der Waals surface area contributed by atoms with Gasteiger partial charge in [-0.05, 0) is 47.9 Å². The normalized spacial score (nSPS) is 10.9. The first-order valence-corrected chi connectivity index (χ1v) is 12.8. The fraction of sp³-hybridized carbons (Fsp3) is 0.156. The molecule has 0 atom stereocenters. The van der Waals surface area contributed by atoms with Crippen LogP contribution < -0.4 is 10.2 Å². The molecule has 6 nitrogen and oxygen atoms in total. The summed E-state index contributed by atoms with van der Waals surface area (Å²) in [7, 11) is 0. The van der Waals surface area contributed by atoms with Crippen LogP contribution in [0.25, 0.3) is 22.2 Å². The van der Waals surface area contributed by atoms with Gasteiger partial charge in [-0.25, -0.2) is 4.98 Å². The highest BCUT2D eigenvalue weighted by atomic mass is 16.2. The number of benzene rings is 4. The van der Waals surface area contributed by atoms with E-state index in [1.807, 2.05) is 109 Å². The number of nitrogens with zero attached hydrogens (tertiary/aromatic N) is 3. The van der Waals surface area contributed by atoms with E-state index >= 15 is 0 Å². The molecule has 1 aromatic heterocycles. The van der Waals surface area contributed by atoms with Gasteiger partial charge in [-0.2, -0.15) is 0 Å². The molecule has 0 saturated heterocycles. The molecule has 5 rings (SSSR count). The lowest BCUT2D eigenvalue weighted by Gasteiger charge is -2.22. The van der Waals surface area contributed by atoms with E-state index in [1.54, 1.807) is 4.90 Å². The van der Waals surface area contributed by atoms with Gasteiger partial charge in [0.05, 0.1) is 24.0 Å². The van der Waals surface area contributed by atoms with E-state index < -0.39 is 0 Å². The average Bonchev–Trinajstić information content (AvgIpc) is 3.31. The number of carbonyl (C=O) groups is 2. The van der Waals surface area contributed by atoms with E-state index in [-0.39, 0.29) is 31.3 Å². The van der Waals surface area contributed by atoms with E-state index in [2.05, 4.69) is 17.4 Å². The van der Waals surface area contributed by atoms with Crippen LogP contribution in [0.1, 0.15) is 18.3 Å². The Hall–Kier alpha value is -4.71. The highest BCUT2D eigenvalue weighted by Crippen LogP contribution is 2.20. The molecular formula is C32H30N4O2. The number of imidazole rings is 1. The van der Waals surface area contributed by atoms with Crippen molar-refractivity contribution in [2.45, 2.75) is 26.4 Å². The Labute approximate surface area is 222 Å². The fourth-order valence-electron chi connectivity index (χ4n) is 4.64. The minimum absolute atomic E-state index is 0.0343. The van der Waals surface area contributed by atoms with Crippen molar-refractivity contribution < 1.29 is 9.59 Å². The Morgan fingerprint density at radius 1 is 0.789 bits per heavy atom. The fourth-order valence-corrected chi connectivity index (χ4v) is 4.64. The topological polar surface area (TPSA) is 67.2 Å². The van der Waals surface area contributed by atoms with Crippen molar-refractivity contribution >= 4 is 28.5 Å². The number of para-hydroxylation sites is 3. The van der Waals surface area contributed by atoms with Crippen LogP contribution in [0.5, 0.6) is 0 Å². The molecule has 0 unspecified atom stereocenters. The lowest BCUT2D eigenvalue weighted by atomic mass is 10.0. The number of hydrogen-bond donors (Lipinski definition) is 1. The van der Waals surface area contributed by atoms with Gasteiger partial charge in [0.2, 0.25) is 11.8 Å². The van der Waals surface area contributed by atoms with Gasteiger partial charge in [-0.3, -0.25) is 9.59 Å². The van der Waals surface area contributed by atoms with Crippen LogP contribution in [0.15, 0.2) is 109 Å². The van der Waals surface area contributed by atoms with Crippen molar-refractivity contribution in [3.05, 3.63) is 121 Å². The molecule has 0 fully saturated rings. The Bertz CT molecular complexity index is 1530. The monoisotopic (exact) mass is 502 g/mol. The van der Waals surface area contributed by atoms with E-state index in [0.717, 1.165) is 33.4 Å². The van der Waals surface area contributed by atoms with Gasteiger partial charge in [0, 0.05) is 12.2 Å². The van der Waals surface area contributed by atoms with Gasteiger partial charge in [-0.15, -0.1) is 0 Å². The molecule has 6 heteroatoms. The number of rotatable bonds is 9. The van der Waals surface area contributed by atoms with E-state index in [4.69, 9.17) is 4.98 Å².